The summed E-state index contributed by atoms with van der Waals surface area (Å²) in [6.07, 6.45) is 9.31. The van der Waals surface area contributed by atoms with Crippen molar-refractivity contribution in [3.05, 3.63) is 11.6 Å². The van der Waals surface area contributed by atoms with Gasteiger partial charge in [-0.15, -0.1) is 0 Å². The van der Waals surface area contributed by atoms with Crippen molar-refractivity contribution < 1.29 is 0 Å². The number of rotatable bonds is 3. The molecule has 0 bridgehead atoms. The van der Waals surface area contributed by atoms with E-state index in [1.807, 2.05) is 0 Å². The fourth-order valence-electron chi connectivity index (χ4n) is 2.38. The SMILES string of the molecule is CN1CC=C(CNC2CCCC2)CC1. The minimum absolute atomic E-state index is 0.815. The van der Waals surface area contributed by atoms with E-state index in [1.54, 1.807) is 5.57 Å². The Morgan fingerprint density at radius 2 is 2.21 bits per heavy atom. The molecule has 0 spiro atoms. The quantitative estimate of drug-likeness (QED) is 0.689. The minimum Gasteiger partial charge on any atom is -0.310 e. The lowest BCUT2D eigenvalue weighted by Gasteiger charge is -2.23. The van der Waals surface area contributed by atoms with Crippen molar-refractivity contribution >= 4 is 0 Å². The third-order valence-electron chi connectivity index (χ3n) is 3.48. The van der Waals surface area contributed by atoms with Crippen molar-refractivity contribution in [1.82, 2.24) is 10.2 Å². The molecule has 1 saturated carbocycles. The molecular weight excluding hydrogens is 172 g/mol. The van der Waals surface area contributed by atoms with Gasteiger partial charge in [0.05, 0.1) is 0 Å². The largest absolute Gasteiger partial charge is 0.310 e. The maximum absolute atomic E-state index is 3.68. The maximum Gasteiger partial charge on any atom is 0.0168 e. The van der Waals surface area contributed by atoms with Crippen molar-refractivity contribution in [2.75, 3.05) is 26.7 Å². The van der Waals surface area contributed by atoms with Gasteiger partial charge >= 0.3 is 0 Å². The molecule has 2 rings (SSSR count). The van der Waals surface area contributed by atoms with Crippen LogP contribution < -0.4 is 5.32 Å². The summed E-state index contributed by atoms with van der Waals surface area (Å²) in [4.78, 5) is 2.37. The van der Waals surface area contributed by atoms with Crippen molar-refractivity contribution in [2.24, 2.45) is 0 Å². The Kier molecular flexibility index (Phi) is 3.60. The van der Waals surface area contributed by atoms with Crippen LogP contribution in [0.4, 0.5) is 0 Å². The summed E-state index contributed by atoms with van der Waals surface area (Å²) in [5.74, 6) is 0. The van der Waals surface area contributed by atoms with Crippen LogP contribution in [-0.2, 0) is 0 Å². The average molecular weight is 194 g/mol. The number of hydrogen-bond donors (Lipinski definition) is 1. The highest BCUT2D eigenvalue weighted by molar-refractivity contribution is 5.09. The van der Waals surface area contributed by atoms with Crippen LogP contribution in [0.3, 0.4) is 0 Å². The van der Waals surface area contributed by atoms with Crippen molar-refractivity contribution in [3.63, 3.8) is 0 Å². The van der Waals surface area contributed by atoms with Crippen LogP contribution in [0.2, 0.25) is 0 Å². The molecule has 2 nitrogen and oxygen atoms in total. The molecule has 1 aliphatic carbocycles. The van der Waals surface area contributed by atoms with Gasteiger partial charge in [0.25, 0.3) is 0 Å². The molecule has 0 atom stereocenters. The molecule has 0 aromatic carbocycles. The van der Waals surface area contributed by atoms with E-state index in [2.05, 4.69) is 23.3 Å². The van der Waals surface area contributed by atoms with Gasteiger partial charge in [0, 0.05) is 25.7 Å². The molecule has 1 N–H and O–H groups in total. The summed E-state index contributed by atoms with van der Waals surface area (Å²) in [7, 11) is 2.19. The summed E-state index contributed by atoms with van der Waals surface area (Å²) in [6, 6.07) is 0.815. The van der Waals surface area contributed by atoms with E-state index in [0.717, 1.165) is 19.1 Å². The second kappa shape index (κ2) is 4.94. The highest BCUT2D eigenvalue weighted by atomic mass is 15.1. The Bertz CT molecular complexity index is 204. The van der Waals surface area contributed by atoms with Gasteiger partial charge in [-0.25, -0.2) is 0 Å². The van der Waals surface area contributed by atoms with Crippen LogP contribution in [-0.4, -0.2) is 37.6 Å². The fourth-order valence-corrected chi connectivity index (χ4v) is 2.38. The second-order valence-electron chi connectivity index (χ2n) is 4.74. The van der Waals surface area contributed by atoms with Crippen LogP contribution in [0.15, 0.2) is 11.6 Å². The predicted molar refractivity (Wildman–Crippen MR) is 60.5 cm³/mol. The third kappa shape index (κ3) is 2.82. The highest BCUT2D eigenvalue weighted by Gasteiger charge is 2.15. The topological polar surface area (TPSA) is 15.3 Å². The average Bonchev–Trinajstić information content (AvgIpc) is 2.70. The van der Waals surface area contributed by atoms with E-state index >= 15 is 0 Å². The highest BCUT2D eigenvalue weighted by Crippen LogP contribution is 2.18. The molecule has 0 aromatic heterocycles. The number of nitrogens with one attached hydrogen (secondary N) is 1. The van der Waals surface area contributed by atoms with Gasteiger partial charge in [-0.2, -0.15) is 0 Å². The molecule has 0 saturated heterocycles. The Balaban J connectivity index is 1.69. The van der Waals surface area contributed by atoms with E-state index in [9.17, 15) is 0 Å². The van der Waals surface area contributed by atoms with Crippen LogP contribution in [0.1, 0.15) is 32.1 Å². The zero-order valence-corrected chi connectivity index (χ0v) is 9.26. The van der Waals surface area contributed by atoms with Gasteiger partial charge in [0.2, 0.25) is 0 Å². The molecule has 1 fully saturated rings. The zero-order chi connectivity index (χ0) is 9.80. The van der Waals surface area contributed by atoms with E-state index in [-0.39, 0.29) is 0 Å². The second-order valence-corrected chi connectivity index (χ2v) is 4.74. The Hall–Kier alpha value is -0.340. The molecule has 0 amide bonds. The van der Waals surface area contributed by atoms with Crippen LogP contribution in [0.25, 0.3) is 0 Å². The smallest absolute Gasteiger partial charge is 0.0168 e. The Morgan fingerprint density at radius 1 is 1.43 bits per heavy atom. The van der Waals surface area contributed by atoms with E-state index in [4.69, 9.17) is 0 Å². The van der Waals surface area contributed by atoms with Crippen molar-refractivity contribution in [2.45, 2.75) is 38.1 Å². The number of nitrogens with zero attached hydrogens (tertiary/aromatic N) is 1. The number of likely N-dealkylation sites (N-methyl/N-ethyl adjacent to an activating group) is 1. The lowest BCUT2D eigenvalue weighted by Crippen LogP contribution is -2.31. The Morgan fingerprint density at radius 3 is 2.86 bits per heavy atom. The summed E-state index contributed by atoms with van der Waals surface area (Å²) in [5, 5.41) is 3.68. The number of hydrogen-bond acceptors (Lipinski definition) is 2. The molecule has 80 valence electrons. The summed E-state index contributed by atoms with van der Waals surface area (Å²) in [5.41, 5.74) is 1.62. The Labute approximate surface area is 87.4 Å². The van der Waals surface area contributed by atoms with Crippen LogP contribution >= 0.6 is 0 Å². The summed E-state index contributed by atoms with van der Waals surface area (Å²) < 4.78 is 0. The molecule has 0 aromatic rings. The first-order chi connectivity index (χ1) is 6.84. The van der Waals surface area contributed by atoms with Crippen LogP contribution in [0, 0.1) is 0 Å². The fraction of sp³-hybridized carbons (Fsp3) is 0.833. The summed E-state index contributed by atoms with van der Waals surface area (Å²) in [6.45, 7) is 3.51. The molecule has 0 radical (unpaired) electrons. The minimum atomic E-state index is 0.815. The molecule has 14 heavy (non-hydrogen) atoms. The van der Waals surface area contributed by atoms with Gasteiger partial charge in [-0.3, -0.25) is 0 Å². The molecule has 2 heteroatoms. The van der Waals surface area contributed by atoms with Gasteiger partial charge < -0.3 is 10.2 Å². The van der Waals surface area contributed by atoms with Crippen LogP contribution in [0.5, 0.6) is 0 Å². The van der Waals surface area contributed by atoms with Crippen molar-refractivity contribution in [1.29, 1.82) is 0 Å². The lowest BCUT2D eigenvalue weighted by atomic mass is 10.1. The first-order valence-electron chi connectivity index (χ1n) is 5.94. The molecule has 1 heterocycles. The molecular formula is C12H22N2. The first kappa shape index (κ1) is 10.2. The summed E-state index contributed by atoms with van der Waals surface area (Å²) >= 11 is 0. The van der Waals surface area contributed by atoms with Gasteiger partial charge in [-0.1, -0.05) is 24.5 Å². The van der Waals surface area contributed by atoms with Crippen molar-refractivity contribution in [3.8, 4) is 0 Å². The van der Waals surface area contributed by atoms with E-state index in [0.29, 0.717) is 0 Å². The predicted octanol–water partition coefficient (Wildman–Crippen LogP) is 1.78. The third-order valence-corrected chi connectivity index (χ3v) is 3.48. The molecule has 2 aliphatic rings. The van der Waals surface area contributed by atoms with Gasteiger partial charge in [0.15, 0.2) is 0 Å². The molecule has 0 unspecified atom stereocenters. The van der Waals surface area contributed by atoms with E-state index < -0.39 is 0 Å². The standard InChI is InChI=1S/C12H22N2/c1-14-8-6-11(7-9-14)10-13-12-4-2-3-5-12/h6,12-13H,2-5,7-10H2,1H3. The normalized spacial score (nSPS) is 25.4. The zero-order valence-electron chi connectivity index (χ0n) is 9.26. The van der Waals surface area contributed by atoms with Gasteiger partial charge in [0.1, 0.15) is 0 Å². The van der Waals surface area contributed by atoms with Gasteiger partial charge in [-0.05, 0) is 26.3 Å². The lowest BCUT2D eigenvalue weighted by molar-refractivity contribution is 0.355. The molecule has 1 aliphatic heterocycles. The first-order valence-corrected chi connectivity index (χ1v) is 5.94. The monoisotopic (exact) mass is 194 g/mol. The maximum atomic E-state index is 3.68. The van der Waals surface area contributed by atoms with E-state index in [1.165, 1.54) is 38.6 Å².